The van der Waals surface area contributed by atoms with Crippen LogP contribution in [0.1, 0.15) is 36.2 Å². The second kappa shape index (κ2) is 8.49. The van der Waals surface area contributed by atoms with E-state index in [1.54, 1.807) is 0 Å². The van der Waals surface area contributed by atoms with Gasteiger partial charge in [0.1, 0.15) is 0 Å². The summed E-state index contributed by atoms with van der Waals surface area (Å²) in [6.07, 6.45) is 1.05. The second-order valence-electron chi connectivity index (χ2n) is 5.77. The molecule has 1 aromatic heterocycles. The Morgan fingerprint density at radius 2 is 1.68 bits per heavy atom. The number of benzene rings is 1. The molecule has 1 atom stereocenters. The van der Waals surface area contributed by atoms with E-state index in [0.29, 0.717) is 5.92 Å². The number of hydrogen-bond acceptors (Lipinski definition) is 4. The summed E-state index contributed by atoms with van der Waals surface area (Å²) in [7, 11) is 0. The molecular weight excluding hydrogens is 272 g/mol. The Morgan fingerprint density at radius 3 is 2.36 bits per heavy atom. The Balaban J connectivity index is 1.61. The molecular formula is C18H26N4. The van der Waals surface area contributed by atoms with Crippen LogP contribution in [-0.2, 0) is 0 Å². The van der Waals surface area contributed by atoms with Gasteiger partial charge in [0.25, 0.3) is 0 Å². The smallest absolute Gasteiger partial charge is 0.223 e. The maximum Gasteiger partial charge on any atom is 0.223 e. The Kier molecular flexibility index (Phi) is 6.34. The predicted octanol–water partition coefficient (Wildman–Crippen LogP) is 3.29. The molecule has 0 saturated carbocycles. The van der Waals surface area contributed by atoms with Crippen molar-refractivity contribution in [1.29, 1.82) is 0 Å². The molecule has 2 rings (SSSR count). The highest BCUT2D eigenvalue weighted by molar-refractivity contribution is 5.27. The van der Waals surface area contributed by atoms with Crippen molar-refractivity contribution in [2.24, 2.45) is 0 Å². The molecule has 22 heavy (non-hydrogen) atoms. The fourth-order valence-corrected chi connectivity index (χ4v) is 2.44. The number of aryl methyl sites for hydroxylation is 2. The van der Waals surface area contributed by atoms with Crippen molar-refractivity contribution in [1.82, 2.24) is 15.3 Å². The van der Waals surface area contributed by atoms with E-state index in [9.17, 15) is 0 Å². The van der Waals surface area contributed by atoms with Crippen molar-refractivity contribution in [2.45, 2.75) is 33.1 Å². The van der Waals surface area contributed by atoms with E-state index in [4.69, 9.17) is 0 Å². The maximum atomic E-state index is 4.38. The van der Waals surface area contributed by atoms with E-state index in [0.717, 1.165) is 43.4 Å². The fraction of sp³-hybridized carbons (Fsp3) is 0.444. The Labute approximate surface area is 133 Å². The van der Waals surface area contributed by atoms with Gasteiger partial charge in [-0.2, -0.15) is 0 Å². The first-order valence-corrected chi connectivity index (χ1v) is 7.97. The summed E-state index contributed by atoms with van der Waals surface area (Å²) in [6.45, 7) is 9.12. The molecule has 0 bridgehead atoms. The zero-order valence-corrected chi connectivity index (χ0v) is 13.8. The summed E-state index contributed by atoms with van der Waals surface area (Å²) < 4.78 is 0. The fourth-order valence-electron chi connectivity index (χ4n) is 2.44. The summed E-state index contributed by atoms with van der Waals surface area (Å²) in [6, 6.07) is 12.6. The van der Waals surface area contributed by atoms with E-state index in [1.807, 2.05) is 19.9 Å². The third-order valence-electron chi connectivity index (χ3n) is 3.61. The van der Waals surface area contributed by atoms with Crippen LogP contribution in [-0.4, -0.2) is 29.6 Å². The first-order chi connectivity index (χ1) is 10.6. The first kappa shape index (κ1) is 16.4. The molecule has 2 aromatic rings. The van der Waals surface area contributed by atoms with Crippen LogP contribution in [0.5, 0.6) is 0 Å². The van der Waals surface area contributed by atoms with Gasteiger partial charge >= 0.3 is 0 Å². The van der Waals surface area contributed by atoms with E-state index < -0.39 is 0 Å². The first-order valence-electron chi connectivity index (χ1n) is 7.97. The molecule has 4 heteroatoms. The molecule has 1 aromatic carbocycles. The van der Waals surface area contributed by atoms with Gasteiger partial charge in [0, 0.05) is 24.5 Å². The van der Waals surface area contributed by atoms with Crippen molar-refractivity contribution in [2.75, 3.05) is 25.0 Å². The highest BCUT2D eigenvalue weighted by Crippen LogP contribution is 2.12. The van der Waals surface area contributed by atoms with Crippen LogP contribution in [0.4, 0.5) is 5.95 Å². The zero-order valence-electron chi connectivity index (χ0n) is 13.8. The summed E-state index contributed by atoms with van der Waals surface area (Å²) in [4.78, 5) is 8.75. The van der Waals surface area contributed by atoms with Crippen molar-refractivity contribution in [3.05, 3.63) is 53.3 Å². The van der Waals surface area contributed by atoms with Crippen LogP contribution in [0.15, 0.2) is 36.4 Å². The largest absolute Gasteiger partial charge is 0.354 e. The Hall–Kier alpha value is -1.94. The summed E-state index contributed by atoms with van der Waals surface area (Å²) in [5, 5.41) is 6.80. The molecule has 0 spiro atoms. The van der Waals surface area contributed by atoms with Crippen LogP contribution >= 0.6 is 0 Å². The van der Waals surface area contributed by atoms with Crippen molar-refractivity contribution < 1.29 is 0 Å². The lowest BCUT2D eigenvalue weighted by Crippen LogP contribution is -2.23. The number of anilines is 1. The minimum atomic E-state index is 0.539. The molecule has 1 unspecified atom stereocenters. The van der Waals surface area contributed by atoms with E-state index in [2.05, 4.69) is 57.9 Å². The maximum absolute atomic E-state index is 4.38. The van der Waals surface area contributed by atoms with E-state index >= 15 is 0 Å². The Morgan fingerprint density at radius 1 is 1.00 bits per heavy atom. The minimum absolute atomic E-state index is 0.539. The predicted molar refractivity (Wildman–Crippen MR) is 92.3 cm³/mol. The van der Waals surface area contributed by atoms with Crippen LogP contribution in [0.3, 0.4) is 0 Å². The van der Waals surface area contributed by atoms with Gasteiger partial charge in [0.15, 0.2) is 0 Å². The lowest BCUT2D eigenvalue weighted by atomic mass is 10.0. The number of nitrogens with zero attached hydrogens (tertiary/aromatic N) is 2. The number of nitrogens with one attached hydrogen (secondary N) is 2. The number of aromatic nitrogens is 2. The minimum Gasteiger partial charge on any atom is -0.354 e. The standard InChI is InChI=1S/C18H26N4/c1-14(17-8-5-4-6-9-17)13-19-10-7-11-20-18-21-15(2)12-16(3)22-18/h4-6,8-9,12,14,19H,7,10-11,13H2,1-3H3,(H,20,21,22). The lowest BCUT2D eigenvalue weighted by Gasteiger charge is -2.13. The summed E-state index contributed by atoms with van der Waals surface area (Å²) >= 11 is 0. The van der Waals surface area contributed by atoms with Gasteiger partial charge in [0.2, 0.25) is 5.95 Å². The summed E-state index contributed by atoms with van der Waals surface area (Å²) in [5.74, 6) is 1.27. The molecule has 4 nitrogen and oxygen atoms in total. The molecule has 0 aliphatic rings. The quantitative estimate of drug-likeness (QED) is 0.734. The van der Waals surface area contributed by atoms with Gasteiger partial charge in [-0.1, -0.05) is 37.3 Å². The normalized spacial score (nSPS) is 12.1. The highest BCUT2D eigenvalue weighted by atomic mass is 15.1. The molecule has 0 aliphatic heterocycles. The molecule has 0 saturated heterocycles. The van der Waals surface area contributed by atoms with Crippen LogP contribution in [0.25, 0.3) is 0 Å². The number of rotatable bonds is 8. The molecule has 0 aliphatic carbocycles. The zero-order chi connectivity index (χ0) is 15.8. The molecule has 118 valence electrons. The third-order valence-corrected chi connectivity index (χ3v) is 3.61. The van der Waals surface area contributed by atoms with Gasteiger partial charge in [-0.3, -0.25) is 0 Å². The van der Waals surface area contributed by atoms with Gasteiger partial charge in [-0.25, -0.2) is 9.97 Å². The summed E-state index contributed by atoms with van der Waals surface area (Å²) in [5.41, 5.74) is 3.39. The Bertz CT molecular complexity index is 548. The van der Waals surface area contributed by atoms with Crippen LogP contribution in [0, 0.1) is 13.8 Å². The van der Waals surface area contributed by atoms with Gasteiger partial charge in [-0.05, 0) is 44.4 Å². The third kappa shape index (κ3) is 5.45. The second-order valence-corrected chi connectivity index (χ2v) is 5.77. The molecule has 1 heterocycles. The van der Waals surface area contributed by atoms with E-state index in [-0.39, 0.29) is 0 Å². The molecule has 2 N–H and O–H groups in total. The average Bonchev–Trinajstić information content (AvgIpc) is 2.50. The van der Waals surface area contributed by atoms with Gasteiger partial charge < -0.3 is 10.6 Å². The SMILES string of the molecule is Cc1cc(C)nc(NCCCNCC(C)c2ccccc2)n1. The van der Waals surface area contributed by atoms with Gasteiger partial charge in [0.05, 0.1) is 0 Å². The average molecular weight is 298 g/mol. The van der Waals surface area contributed by atoms with Crippen molar-refractivity contribution >= 4 is 5.95 Å². The van der Waals surface area contributed by atoms with Crippen LogP contribution in [0.2, 0.25) is 0 Å². The van der Waals surface area contributed by atoms with Crippen LogP contribution < -0.4 is 10.6 Å². The molecule has 0 radical (unpaired) electrons. The molecule has 0 amide bonds. The lowest BCUT2D eigenvalue weighted by molar-refractivity contribution is 0.603. The van der Waals surface area contributed by atoms with Gasteiger partial charge in [-0.15, -0.1) is 0 Å². The van der Waals surface area contributed by atoms with Crippen molar-refractivity contribution in [3.63, 3.8) is 0 Å². The molecule has 0 fully saturated rings. The monoisotopic (exact) mass is 298 g/mol. The topological polar surface area (TPSA) is 49.8 Å². The van der Waals surface area contributed by atoms with E-state index in [1.165, 1.54) is 5.56 Å². The van der Waals surface area contributed by atoms with Crippen molar-refractivity contribution in [3.8, 4) is 0 Å². The highest BCUT2D eigenvalue weighted by Gasteiger charge is 2.03. The number of hydrogen-bond donors (Lipinski definition) is 2.